The van der Waals surface area contributed by atoms with Crippen LogP contribution in [0.15, 0.2) is 11.6 Å². The van der Waals surface area contributed by atoms with E-state index in [0.29, 0.717) is 12.2 Å². The molecule has 0 bridgehead atoms. The molecule has 0 saturated carbocycles. The first-order chi connectivity index (χ1) is 6.06. The Morgan fingerprint density at radius 1 is 1.31 bits per heavy atom. The first-order valence-electron chi connectivity index (χ1n) is 5.33. The van der Waals surface area contributed by atoms with Crippen LogP contribution in [0.25, 0.3) is 0 Å². The third kappa shape index (κ3) is 8.04. The normalized spacial score (nSPS) is 15.1. The van der Waals surface area contributed by atoms with Gasteiger partial charge >= 0.3 is 0 Å². The highest BCUT2D eigenvalue weighted by atomic mass is 16.5. The van der Waals surface area contributed by atoms with Gasteiger partial charge in [-0.15, -0.1) is 0 Å². The van der Waals surface area contributed by atoms with Crippen LogP contribution in [0.3, 0.4) is 0 Å². The van der Waals surface area contributed by atoms with Gasteiger partial charge in [0.25, 0.3) is 0 Å². The molecular weight excluding hydrogens is 160 g/mol. The topological polar surface area (TPSA) is 9.23 Å². The highest BCUT2D eigenvalue weighted by molar-refractivity contribution is 4.94. The highest BCUT2D eigenvalue weighted by Crippen LogP contribution is 2.11. The van der Waals surface area contributed by atoms with E-state index in [-0.39, 0.29) is 0 Å². The maximum absolute atomic E-state index is 5.65. The monoisotopic (exact) mass is 184 g/mol. The Balaban J connectivity index is 3.42. The van der Waals surface area contributed by atoms with Gasteiger partial charge in [-0.25, -0.2) is 0 Å². The van der Waals surface area contributed by atoms with E-state index >= 15 is 0 Å². The lowest BCUT2D eigenvalue weighted by Gasteiger charge is -2.15. The van der Waals surface area contributed by atoms with E-state index in [2.05, 4.69) is 40.7 Å². The van der Waals surface area contributed by atoms with E-state index in [1.54, 1.807) is 0 Å². The Kier molecular flexibility index (Phi) is 6.97. The predicted molar refractivity (Wildman–Crippen MR) is 59.0 cm³/mol. The van der Waals surface area contributed by atoms with Crippen LogP contribution >= 0.6 is 0 Å². The van der Waals surface area contributed by atoms with Crippen molar-refractivity contribution >= 4 is 0 Å². The summed E-state index contributed by atoms with van der Waals surface area (Å²) in [6, 6.07) is 0. The van der Waals surface area contributed by atoms with E-state index in [4.69, 9.17) is 4.74 Å². The van der Waals surface area contributed by atoms with Crippen molar-refractivity contribution in [1.29, 1.82) is 0 Å². The molecular formula is C12H24O. The van der Waals surface area contributed by atoms with Crippen LogP contribution in [0.5, 0.6) is 0 Å². The second-order valence-electron chi connectivity index (χ2n) is 4.02. The lowest BCUT2D eigenvalue weighted by Crippen LogP contribution is -2.13. The smallest absolute Gasteiger partial charge is 0.0550 e. The third-order valence-corrected chi connectivity index (χ3v) is 2.18. The molecule has 78 valence electrons. The first kappa shape index (κ1) is 12.7. The summed E-state index contributed by atoms with van der Waals surface area (Å²) in [5.41, 5.74) is 1.48. The molecule has 0 radical (unpaired) electrons. The SMILES string of the molecule is CC=C(C)CCCC(C)OC(C)C. The van der Waals surface area contributed by atoms with Crippen LogP contribution in [0.1, 0.15) is 53.9 Å². The van der Waals surface area contributed by atoms with E-state index in [1.165, 1.54) is 24.8 Å². The summed E-state index contributed by atoms with van der Waals surface area (Å²) < 4.78 is 5.65. The molecule has 0 heterocycles. The molecule has 0 amide bonds. The van der Waals surface area contributed by atoms with Gasteiger partial charge in [-0.3, -0.25) is 0 Å². The van der Waals surface area contributed by atoms with Crippen molar-refractivity contribution in [3.05, 3.63) is 11.6 Å². The second-order valence-corrected chi connectivity index (χ2v) is 4.02. The van der Waals surface area contributed by atoms with Crippen LogP contribution in [-0.4, -0.2) is 12.2 Å². The summed E-state index contributed by atoms with van der Waals surface area (Å²) in [7, 11) is 0. The summed E-state index contributed by atoms with van der Waals surface area (Å²) in [5.74, 6) is 0. The zero-order valence-corrected chi connectivity index (χ0v) is 9.76. The number of hydrogen-bond acceptors (Lipinski definition) is 1. The number of rotatable bonds is 6. The van der Waals surface area contributed by atoms with Gasteiger partial charge in [-0.1, -0.05) is 11.6 Å². The molecule has 1 atom stereocenters. The maximum Gasteiger partial charge on any atom is 0.0550 e. The zero-order chi connectivity index (χ0) is 10.3. The van der Waals surface area contributed by atoms with Gasteiger partial charge in [0.1, 0.15) is 0 Å². The summed E-state index contributed by atoms with van der Waals surface area (Å²) >= 11 is 0. The fourth-order valence-corrected chi connectivity index (χ4v) is 1.35. The summed E-state index contributed by atoms with van der Waals surface area (Å²) in [6.45, 7) is 10.6. The quantitative estimate of drug-likeness (QED) is 0.568. The Hall–Kier alpha value is -0.300. The molecule has 0 rings (SSSR count). The molecule has 0 saturated heterocycles. The van der Waals surface area contributed by atoms with Gasteiger partial charge in [0.15, 0.2) is 0 Å². The van der Waals surface area contributed by atoms with Gasteiger partial charge in [0.2, 0.25) is 0 Å². The number of ether oxygens (including phenoxy) is 1. The Bertz CT molecular complexity index is 147. The van der Waals surface area contributed by atoms with Crippen molar-refractivity contribution in [2.75, 3.05) is 0 Å². The van der Waals surface area contributed by atoms with Gasteiger partial charge in [-0.2, -0.15) is 0 Å². The first-order valence-corrected chi connectivity index (χ1v) is 5.33. The summed E-state index contributed by atoms with van der Waals surface area (Å²) in [5, 5.41) is 0. The zero-order valence-electron chi connectivity index (χ0n) is 9.76. The van der Waals surface area contributed by atoms with Crippen molar-refractivity contribution in [2.24, 2.45) is 0 Å². The molecule has 0 spiro atoms. The second kappa shape index (κ2) is 7.14. The average molecular weight is 184 g/mol. The van der Waals surface area contributed by atoms with E-state index < -0.39 is 0 Å². The van der Waals surface area contributed by atoms with Gasteiger partial charge in [0, 0.05) is 0 Å². The maximum atomic E-state index is 5.65. The molecule has 0 aliphatic rings. The molecule has 0 fully saturated rings. The van der Waals surface area contributed by atoms with Gasteiger partial charge in [-0.05, 0) is 53.9 Å². The van der Waals surface area contributed by atoms with Gasteiger partial charge in [0.05, 0.1) is 12.2 Å². The van der Waals surface area contributed by atoms with Crippen molar-refractivity contribution in [1.82, 2.24) is 0 Å². The van der Waals surface area contributed by atoms with Crippen LogP contribution in [-0.2, 0) is 4.74 Å². The Morgan fingerprint density at radius 3 is 2.38 bits per heavy atom. The molecule has 0 N–H and O–H groups in total. The van der Waals surface area contributed by atoms with Crippen molar-refractivity contribution in [2.45, 2.75) is 66.1 Å². The minimum Gasteiger partial charge on any atom is -0.376 e. The Morgan fingerprint density at radius 2 is 1.92 bits per heavy atom. The molecule has 0 aromatic carbocycles. The average Bonchev–Trinajstić information content (AvgIpc) is 2.02. The van der Waals surface area contributed by atoms with E-state index in [1.807, 2.05) is 0 Å². The standard InChI is InChI=1S/C12H24O/c1-6-11(4)8-7-9-12(5)13-10(2)3/h6,10,12H,7-9H2,1-5H3. The third-order valence-electron chi connectivity index (χ3n) is 2.18. The van der Waals surface area contributed by atoms with Crippen LogP contribution in [0.2, 0.25) is 0 Å². The number of allylic oxidation sites excluding steroid dienone is 2. The molecule has 1 heteroatoms. The predicted octanol–water partition coefficient (Wildman–Crippen LogP) is 3.94. The molecule has 0 aliphatic heterocycles. The highest BCUT2D eigenvalue weighted by Gasteiger charge is 2.03. The van der Waals surface area contributed by atoms with Crippen molar-refractivity contribution in [3.63, 3.8) is 0 Å². The summed E-state index contributed by atoms with van der Waals surface area (Å²) in [6.07, 6.45) is 6.58. The summed E-state index contributed by atoms with van der Waals surface area (Å²) in [4.78, 5) is 0. The van der Waals surface area contributed by atoms with Gasteiger partial charge < -0.3 is 4.74 Å². The fourth-order valence-electron chi connectivity index (χ4n) is 1.35. The van der Waals surface area contributed by atoms with E-state index in [0.717, 1.165) is 0 Å². The minimum atomic E-state index is 0.359. The van der Waals surface area contributed by atoms with Crippen molar-refractivity contribution in [3.8, 4) is 0 Å². The lowest BCUT2D eigenvalue weighted by molar-refractivity contribution is 0.0135. The largest absolute Gasteiger partial charge is 0.376 e. The molecule has 0 aromatic heterocycles. The molecule has 1 nitrogen and oxygen atoms in total. The van der Waals surface area contributed by atoms with Crippen LogP contribution in [0, 0.1) is 0 Å². The molecule has 0 aromatic rings. The molecule has 1 unspecified atom stereocenters. The fraction of sp³-hybridized carbons (Fsp3) is 0.833. The van der Waals surface area contributed by atoms with Crippen LogP contribution in [0.4, 0.5) is 0 Å². The van der Waals surface area contributed by atoms with E-state index in [9.17, 15) is 0 Å². The number of hydrogen-bond donors (Lipinski definition) is 0. The van der Waals surface area contributed by atoms with Crippen molar-refractivity contribution < 1.29 is 4.74 Å². The molecule has 13 heavy (non-hydrogen) atoms. The minimum absolute atomic E-state index is 0.359. The lowest BCUT2D eigenvalue weighted by atomic mass is 10.1. The molecule has 0 aliphatic carbocycles. The Labute approximate surface area is 83.2 Å². The van der Waals surface area contributed by atoms with Crippen LogP contribution < -0.4 is 0 Å².